The molecule has 0 radical (unpaired) electrons. The van der Waals surface area contributed by atoms with Crippen molar-refractivity contribution < 1.29 is 32.3 Å². The van der Waals surface area contributed by atoms with Crippen molar-refractivity contribution in [3.8, 4) is 0 Å². The van der Waals surface area contributed by atoms with E-state index in [1.807, 2.05) is 5.32 Å². The summed E-state index contributed by atoms with van der Waals surface area (Å²) in [6, 6.07) is 1.52. The Morgan fingerprint density at radius 2 is 1.86 bits per heavy atom. The number of nitrogens with one attached hydrogen (secondary N) is 2. The van der Waals surface area contributed by atoms with Gasteiger partial charge in [0.05, 0.1) is 5.02 Å². The molecule has 116 valence electrons. The fraction of sp³-hybridized carbons (Fsp3) is 0.273. The number of anilines is 1. The molecule has 1 atom stereocenters. The van der Waals surface area contributed by atoms with Crippen molar-refractivity contribution in [1.29, 1.82) is 0 Å². The molecule has 0 saturated carbocycles. The predicted octanol–water partition coefficient (Wildman–Crippen LogP) is 3.01. The summed E-state index contributed by atoms with van der Waals surface area (Å²) in [5.41, 5.74) is -3.67. The Bertz CT molecular complexity index is 579. The molecule has 2 amide bonds. The van der Waals surface area contributed by atoms with E-state index in [1.54, 1.807) is 0 Å². The second-order valence-corrected chi connectivity index (χ2v) is 4.54. The van der Waals surface area contributed by atoms with Gasteiger partial charge < -0.3 is 15.7 Å². The third-order valence-electron chi connectivity index (χ3n) is 2.54. The number of rotatable bonds is 3. The summed E-state index contributed by atoms with van der Waals surface area (Å²) in [5, 5.41) is 11.5. The number of carboxylic acid groups (broad SMARTS) is 1. The van der Waals surface area contributed by atoms with Gasteiger partial charge in [-0.05, 0) is 25.1 Å². The molecular formula is C11H9ClF4N2O3. The topological polar surface area (TPSA) is 78.4 Å². The smallest absolute Gasteiger partial charge is 0.422 e. The molecule has 0 aliphatic heterocycles. The number of benzene rings is 1. The summed E-state index contributed by atoms with van der Waals surface area (Å²) < 4.78 is 51.1. The number of urea groups is 1. The second-order valence-electron chi connectivity index (χ2n) is 4.14. The van der Waals surface area contributed by atoms with Crippen LogP contribution in [0.2, 0.25) is 5.02 Å². The molecule has 0 aliphatic carbocycles. The van der Waals surface area contributed by atoms with Crippen LogP contribution in [0.5, 0.6) is 0 Å². The van der Waals surface area contributed by atoms with Gasteiger partial charge in [0.25, 0.3) is 0 Å². The van der Waals surface area contributed by atoms with Crippen LogP contribution in [0.3, 0.4) is 0 Å². The first kappa shape index (κ1) is 17.0. The number of carboxylic acids is 1. The number of hydrogen-bond donors (Lipinski definition) is 3. The lowest BCUT2D eigenvalue weighted by atomic mass is 10.0. The van der Waals surface area contributed by atoms with Gasteiger partial charge in [-0.3, -0.25) is 0 Å². The Morgan fingerprint density at radius 1 is 1.29 bits per heavy atom. The van der Waals surface area contributed by atoms with Crippen molar-refractivity contribution in [3.63, 3.8) is 0 Å². The Kier molecular flexibility index (Phi) is 4.67. The Labute approximate surface area is 120 Å². The predicted molar refractivity (Wildman–Crippen MR) is 65.7 cm³/mol. The van der Waals surface area contributed by atoms with Crippen molar-refractivity contribution in [2.45, 2.75) is 18.6 Å². The normalized spacial score (nSPS) is 14.2. The van der Waals surface area contributed by atoms with E-state index in [0.717, 1.165) is 18.2 Å². The van der Waals surface area contributed by atoms with Crippen molar-refractivity contribution in [2.75, 3.05) is 5.32 Å². The molecule has 10 heteroatoms. The number of carbonyl (C=O) groups excluding carboxylic acids is 1. The Balaban J connectivity index is 2.89. The molecule has 0 heterocycles. The highest BCUT2D eigenvalue weighted by molar-refractivity contribution is 6.30. The summed E-state index contributed by atoms with van der Waals surface area (Å²) in [6.45, 7) is 0.289. The molecule has 1 unspecified atom stereocenters. The first-order valence-corrected chi connectivity index (χ1v) is 5.69. The number of alkyl halides is 3. The monoisotopic (exact) mass is 328 g/mol. The molecule has 5 nitrogen and oxygen atoms in total. The molecule has 21 heavy (non-hydrogen) atoms. The minimum absolute atomic E-state index is 0.190. The zero-order valence-electron chi connectivity index (χ0n) is 10.4. The lowest BCUT2D eigenvalue weighted by molar-refractivity contribution is -0.203. The van der Waals surface area contributed by atoms with Crippen LogP contribution in [0, 0.1) is 5.82 Å². The maximum absolute atomic E-state index is 13.1. The van der Waals surface area contributed by atoms with E-state index in [-0.39, 0.29) is 17.6 Å². The van der Waals surface area contributed by atoms with Gasteiger partial charge in [0.1, 0.15) is 5.82 Å². The first-order chi connectivity index (χ1) is 9.47. The van der Waals surface area contributed by atoms with Gasteiger partial charge >= 0.3 is 18.2 Å². The summed E-state index contributed by atoms with van der Waals surface area (Å²) in [6.07, 6.45) is -5.22. The maximum Gasteiger partial charge on any atom is 0.422 e. The van der Waals surface area contributed by atoms with Gasteiger partial charge in [0.15, 0.2) is 0 Å². The van der Waals surface area contributed by atoms with Crippen LogP contribution >= 0.6 is 11.6 Å². The summed E-state index contributed by atoms with van der Waals surface area (Å²) in [7, 11) is 0. The van der Waals surface area contributed by atoms with Gasteiger partial charge in [-0.1, -0.05) is 11.6 Å². The van der Waals surface area contributed by atoms with Gasteiger partial charge in [0.2, 0.25) is 5.54 Å². The standard InChI is InChI=1S/C11H9ClF4N2O3/c1-10(8(19)20,11(14,15)16)18-9(21)17-5-2-3-6(12)7(13)4-5/h2-4H,1H3,(H,19,20)(H2,17,18,21). The van der Waals surface area contributed by atoms with Crippen molar-refractivity contribution in [3.05, 3.63) is 29.0 Å². The lowest BCUT2D eigenvalue weighted by Gasteiger charge is -2.28. The number of aliphatic carboxylic acids is 1. The largest absolute Gasteiger partial charge is 0.479 e. The summed E-state index contributed by atoms with van der Waals surface area (Å²) >= 11 is 5.40. The van der Waals surface area contributed by atoms with E-state index in [9.17, 15) is 27.2 Å². The molecular weight excluding hydrogens is 320 g/mol. The molecule has 1 aromatic carbocycles. The second kappa shape index (κ2) is 5.76. The SMILES string of the molecule is CC(NC(=O)Nc1ccc(Cl)c(F)c1)(C(=O)O)C(F)(F)F. The molecule has 0 fully saturated rings. The van der Waals surface area contributed by atoms with Crippen molar-refractivity contribution >= 4 is 29.3 Å². The van der Waals surface area contributed by atoms with Crippen LogP contribution in [-0.2, 0) is 4.79 Å². The maximum atomic E-state index is 13.1. The van der Waals surface area contributed by atoms with E-state index >= 15 is 0 Å². The summed E-state index contributed by atoms with van der Waals surface area (Å²) in [5.74, 6) is -3.18. The molecule has 3 N–H and O–H groups in total. The average molecular weight is 329 g/mol. The van der Waals surface area contributed by atoms with Crippen molar-refractivity contribution in [2.24, 2.45) is 0 Å². The number of halogens is 5. The molecule has 1 aromatic rings. The Hall–Kier alpha value is -2.03. The first-order valence-electron chi connectivity index (χ1n) is 5.31. The molecule has 0 aliphatic rings. The Morgan fingerprint density at radius 3 is 2.29 bits per heavy atom. The van der Waals surface area contributed by atoms with Crippen molar-refractivity contribution in [1.82, 2.24) is 5.32 Å². The fourth-order valence-electron chi connectivity index (χ4n) is 1.21. The van der Waals surface area contributed by atoms with Gasteiger partial charge in [-0.25, -0.2) is 14.0 Å². The lowest BCUT2D eigenvalue weighted by Crippen LogP contribution is -2.62. The molecule has 0 spiro atoms. The average Bonchev–Trinajstić information content (AvgIpc) is 2.32. The number of carbonyl (C=O) groups is 2. The zero-order valence-corrected chi connectivity index (χ0v) is 11.1. The summed E-state index contributed by atoms with van der Waals surface area (Å²) in [4.78, 5) is 22.1. The molecule has 0 aromatic heterocycles. The molecule has 1 rings (SSSR count). The van der Waals surface area contributed by atoms with Crippen LogP contribution in [0.15, 0.2) is 18.2 Å². The van der Waals surface area contributed by atoms with Crippen LogP contribution in [0.25, 0.3) is 0 Å². The highest BCUT2D eigenvalue weighted by Crippen LogP contribution is 2.30. The van der Waals surface area contributed by atoms with Gasteiger partial charge in [0, 0.05) is 5.69 Å². The minimum Gasteiger partial charge on any atom is -0.479 e. The fourth-order valence-corrected chi connectivity index (χ4v) is 1.33. The minimum atomic E-state index is -5.22. The number of hydrogen-bond acceptors (Lipinski definition) is 2. The quantitative estimate of drug-likeness (QED) is 0.746. The van der Waals surface area contributed by atoms with E-state index in [2.05, 4.69) is 0 Å². The van der Waals surface area contributed by atoms with Crippen LogP contribution in [0.4, 0.5) is 28.0 Å². The zero-order chi connectivity index (χ0) is 16.4. The molecule has 0 bridgehead atoms. The van der Waals surface area contributed by atoms with E-state index in [4.69, 9.17) is 16.7 Å². The highest BCUT2D eigenvalue weighted by Gasteiger charge is 2.58. The van der Waals surface area contributed by atoms with Crippen LogP contribution in [-0.4, -0.2) is 28.8 Å². The third-order valence-corrected chi connectivity index (χ3v) is 2.84. The van der Waals surface area contributed by atoms with Gasteiger partial charge in [-0.2, -0.15) is 13.2 Å². The van der Waals surface area contributed by atoms with Gasteiger partial charge in [-0.15, -0.1) is 0 Å². The van der Waals surface area contributed by atoms with E-state index in [1.165, 1.54) is 5.32 Å². The molecule has 0 saturated heterocycles. The van der Waals surface area contributed by atoms with E-state index < -0.39 is 29.5 Å². The highest BCUT2D eigenvalue weighted by atomic mass is 35.5. The van der Waals surface area contributed by atoms with Crippen LogP contribution < -0.4 is 10.6 Å². The number of amides is 2. The van der Waals surface area contributed by atoms with Crippen LogP contribution in [0.1, 0.15) is 6.92 Å². The van der Waals surface area contributed by atoms with E-state index in [0.29, 0.717) is 0 Å². The third kappa shape index (κ3) is 3.75.